The van der Waals surface area contributed by atoms with E-state index >= 15 is 0 Å². The summed E-state index contributed by atoms with van der Waals surface area (Å²) in [4.78, 5) is 26.7. The molecule has 0 spiro atoms. The van der Waals surface area contributed by atoms with Gasteiger partial charge in [0, 0.05) is 5.56 Å². The molecule has 5 nitrogen and oxygen atoms in total. The number of benzene rings is 1. The Labute approximate surface area is 105 Å². The molecule has 0 atom stereocenters. The number of nitrogens with zero attached hydrogens (tertiary/aromatic N) is 1. The Kier molecular flexibility index (Phi) is 3.72. The van der Waals surface area contributed by atoms with Crippen LogP contribution in [0.15, 0.2) is 29.3 Å². The fourth-order valence-electron chi connectivity index (χ4n) is 1.81. The van der Waals surface area contributed by atoms with E-state index < -0.39 is 0 Å². The minimum absolute atomic E-state index is 0.0782. The zero-order valence-electron chi connectivity index (χ0n) is 10.1. The van der Waals surface area contributed by atoms with Crippen LogP contribution >= 0.6 is 0 Å². The topological polar surface area (TPSA) is 67.8 Å². The first-order valence-corrected chi connectivity index (χ1v) is 5.70. The Morgan fingerprint density at radius 3 is 3.00 bits per heavy atom. The maximum absolute atomic E-state index is 11.5. The Hall–Kier alpha value is -2.17. The van der Waals surface area contributed by atoms with E-state index in [9.17, 15) is 9.59 Å². The van der Waals surface area contributed by atoms with Gasteiger partial charge in [-0.15, -0.1) is 0 Å². The van der Waals surface area contributed by atoms with E-state index in [0.29, 0.717) is 18.8 Å². The van der Waals surface area contributed by atoms with Gasteiger partial charge in [-0.05, 0) is 5.56 Å². The van der Waals surface area contributed by atoms with E-state index in [1.165, 1.54) is 7.11 Å². The van der Waals surface area contributed by atoms with E-state index in [1.807, 2.05) is 24.3 Å². The number of rotatable bonds is 3. The second-order valence-corrected chi connectivity index (χ2v) is 3.94. The molecule has 1 heterocycles. The number of ether oxygens (including phenoxy) is 1. The first-order valence-electron chi connectivity index (χ1n) is 5.70. The fourth-order valence-corrected chi connectivity index (χ4v) is 1.81. The smallest absolute Gasteiger partial charge is 0.307 e. The molecule has 0 fully saturated rings. The fraction of sp³-hybridized carbons (Fsp3) is 0.308. The molecular weight excluding hydrogens is 232 g/mol. The highest BCUT2D eigenvalue weighted by molar-refractivity contribution is 6.12. The molecule has 1 aromatic rings. The maximum atomic E-state index is 11.5. The number of carbonyl (C=O) groups excluding carboxylic acids is 2. The van der Waals surface area contributed by atoms with E-state index in [1.54, 1.807) is 0 Å². The molecule has 0 radical (unpaired) electrons. The van der Waals surface area contributed by atoms with Crippen LogP contribution in [0.3, 0.4) is 0 Å². The number of carbonyl (C=O) groups is 2. The van der Waals surface area contributed by atoms with Crippen molar-refractivity contribution < 1.29 is 14.3 Å². The lowest BCUT2D eigenvalue weighted by molar-refractivity contribution is -0.140. The number of amides is 1. The average Bonchev–Trinajstić information content (AvgIpc) is 2.38. The summed E-state index contributed by atoms with van der Waals surface area (Å²) >= 11 is 0. The van der Waals surface area contributed by atoms with Gasteiger partial charge in [-0.1, -0.05) is 24.3 Å². The molecule has 1 amide bonds. The molecule has 0 unspecified atom stereocenters. The van der Waals surface area contributed by atoms with E-state index in [4.69, 9.17) is 0 Å². The molecule has 0 aromatic heterocycles. The van der Waals surface area contributed by atoms with Crippen molar-refractivity contribution in [1.29, 1.82) is 0 Å². The quantitative estimate of drug-likeness (QED) is 0.797. The molecule has 5 heteroatoms. The number of esters is 1. The van der Waals surface area contributed by atoms with Crippen LogP contribution in [-0.2, 0) is 20.7 Å². The molecule has 2 rings (SSSR count). The predicted molar refractivity (Wildman–Crippen MR) is 66.3 cm³/mol. The van der Waals surface area contributed by atoms with Gasteiger partial charge >= 0.3 is 5.97 Å². The van der Waals surface area contributed by atoms with Crippen LogP contribution in [0, 0.1) is 0 Å². The summed E-state index contributed by atoms with van der Waals surface area (Å²) in [7, 11) is 1.34. The number of hydrogen-bond acceptors (Lipinski definition) is 4. The van der Waals surface area contributed by atoms with Gasteiger partial charge in [0.2, 0.25) is 5.91 Å². The van der Waals surface area contributed by atoms with Crippen molar-refractivity contribution in [1.82, 2.24) is 5.32 Å². The minimum Gasteiger partial charge on any atom is -0.469 e. The number of fused-ring (bicyclic) bond motifs is 1. The maximum Gasteiger partial charge on any atom is 0.307 e. The zero-order valence-corrected chi connectivity index (χ0v) is 10.1. The van der Waals surface area contributed by atoms with Crippen molar-refractivity contribution in [3.05, 3.63) is 35.4 Å². The van der Waals surface area contributed by atoms with Crippen molar-refractivity contribution in [2.45, 2.75) is 12.8 Å². The summed E-state index contributed by atoms with van der Waals surface area (Å²) < 4.78 is 4.53. The number of methoxy groups -OCH3 is 1. The first-order chi connectivity index (χ1) is 8.70. The summed E-state index contributed by atoms with van der Waals surface area (Å²) in [5, 5.41) is 2.72. The first kappa shape index (κ1) is 12.3. The normalized spacial score (nSPS) is 16.1. The number of hydrogen-bond donors (Lipinski definition) is 1. The summed E-state index contributed by atoms with van der Waals surface area (Å²) in [6.45, 7) is 0.302. The molecule has 0 saturated heterocycles. The zero-order chi connectivity index (χ0) is 13.0. The summed E-state index contributed by atoms with van der Waals surface area (Å²) in [5.74, 6) is 0.144. The molecule has 0 bridgehead atoms. The Morgan fingerprint density at radius 2 is 2.22 bits per heavy atom. The molecule has 1 aliphatic rings. The summed E-state index contributed by atoms with van der Waals surface area (Å²) in [6, 6.07) is 7.60. The summed E-state index contributed by atoms with van der Waals surface area (Å²) in [6.07, 6.45) is 0.574. The van der Waals surface area contributed by atoms with Crippen molar-refractivity contribution in [2.24, 2.45) is 4.99 Å². The van der Waals surface area contributed by atoms with Gasteiger partial charge in [-0.3, -0.25) is 14.6 Å². The molecule has 0 aliphatic carbocycles. The van der Waals surface area contributed by atoms with Crippen molar-refractivity contribution >= 4 is 17.7 Å². The average molecular weight is 246 g/mol. The van der Waals surface area contributed by atoms with Gasteiger partial charge < -0.3 is 10.1 Å². The third-order valence-corrected chi connectivity index (χ3v) is 2.69. The van der Waals surface area contributed by atoms with Crippen molar-refractivity contribution in [2.75, 3.05) is 13.7 Å². The standard InChI is InChI=1S/C13H14N2O3/c1-18-12(17)6-7-14-13-10-5-3-2-4-9(10)8-11(16)15-13/h2-5H,6-8H2,1H3,(H,14,15,16). The lowest BCUT2D eigenvalue weighted by Gasteiger charge is -2.18. The molecular formula is C13H14N2O3. The van der Waals surface area contributed by atoms with Crippen molar-refractivity contribution in [3.8, 4) is 0 Å². The largest absolute Gasteiger partial charge is 0.469 e. The van der Waals surface area contributed by atoms with Crippen LogP contribution in [0.4, 0.5) is 0 Å². The Balaban J connectivity index is 2.15. The van der Waals surface area contributed by atoms with Crippen LogP contribution in [0.25, 0.3) is 0 Å². The monoisotopic (exact) mass is 246 g/mol. The highest BCUT2D eigenvalue weighted by Crippen LogP contribution is 2.14. The second-order valence-electron chi connectivity index (χ2n) is 3.94. The molecule has 1 aliphatic heterocycles. The molecule has 18 heavy (non-hydrogen) atoms. The molecule has 0 saturated carbocycles. The van der Waals surface area contributed by atoms with Crippen LogP contribution < -0.4 is 5.32 Å². The highest BCUT2D eigenvalue weighted by Gasteiger charge is 2.19. The third-order valence-electron chi connectivity index (χ3n) is 2.69. The van der Waals surface area contributed by atoms with E-state index in [2.05, 4.69) is 15.0 Å². The van der Waals surface area contributed by atoms with Gasteiger partial charge in [0.25, 0.3) is 0 Å². The predicted octanol–water partition coefficient (Wildman–Crippen LogP) is 0.669. The lowest BCUT2D eigenvalue weighted by Crippen LogP contribution is -2.38. The van der Waals surface area contributed by atoms with E-state index in [-0.39, 0.29) is 18.3 Å². The third kappa shape index (κ3) is 2.74. The molecule has 1 N–H and O–H groups in total. The highest BCUT2D eigenvalue weighted by atomic mass is 16.5. The van der Waals surface area contributed by atoms with Crippen LogP contribution in [0.5, 0.6) is 0 Å². The number of aliphatic imine (C=N–C) groups is 1. The Morgan fingerprint density at radius 1 is 1.44 bits per heavy atom. The molecule has 1 aromatic carbocycles. The van der Waals surface area contributed by atoms with Crippen LogP contribution in [0.2, 0.25) is 0 Å². The minimum atomic E-state index is -0.310. The van der Waals surface area contributed by atoms with E-state index in [0.717, 1.165) is 11.1 Å². The molecule has 94 valence electrons. The SMILES string of the molecule is COC(=O)CCN=C1NC(=O)Cc2ccccc21. The van der Waals surface area contributed by atoms with Crippen LogP contribution in [0.1, 0.15) is 17.5 Å². The lowest BCUT2D eigenvalue weighted by atomic mass is 10.00. The number of amidine groups is 1. The number of nitrogens with one attached hydrogen (secondary N) is 1. The van der Waals surface area contributed by atoms with Gasteiger partial charge in [-0.25, -0.2) is 0 Å². The van der Waals surface area contributed by atoms with Gasteiger partial charge in [0.05, 0.1) is 26.5 Å². The van der Waals surface area contributed by atoms with Gasteiger partial charge in [-0.2, -0.15) is 0 Å². The Bertz CT molecular complexity index is 509. The van der Waals surface area contributed by atoms with Gasteiger partial charge in [0.1, 0.15) is 5.84 Å². The summed E-state index contributed by atoms with van der Waals surface area (Å²) in [5.41, 5.74) is 1.88. The van der Waals surface area contributed by atoms with Gasteiger partial charge in [0.15, 0.2) is 0 Å². The van der Waals surface area contributed by atoms with Crippen LogP contribution in [-0.4, -0.2) is 31.4 Å². The second kappa shape index (κ2) is 5.44. The van der Waals surface area contributed by atoms with Crippen molar-refractivity contribution in [3.63, 3.8) is 0 Å².